The molecule has 2 N–H and O–H groups in total. The molecule has 2 rings (SSSR count). The van der Waals surface area contributed by atoms with Crippen LogP contribution < -0.4 is 5.32 Å². The number of nitrogens with zero attached hydrogens (tertiary/aromatic N) is 1. The van der Waals surface area contributed by atoms with Crippen molar-refractivity contribution in [1.82, 2.24) is 10.3 Å². The highest BCUT2D eigenvalue weighted by molar-refractivity contribution is 6.29. The van der Waals surface area contributed by atoms with Crippen LogP contribution in [0, 0.1) is 5.92 Å². The molecule has 6 heteroatoms. The lowest BCUT2D eigenvalue weighted by Gasteiger charge is -2.14. The molecule has 1 aliphatic rings. The Bertz CT molecular complexity index is 457. The summed E-state index contributed by atoms with van der Waals surface area (Å²) in [6.45, 7) is 0. The van der Waals surface area contributed by atoms with Crippen LogP contribution in [0.3, 0.4) is 0 Å². The van der Waals surface area contributed by atoms with Gasteiger partial charge in [-0.15, -0.1) is 0 Å². The Labute approximate surface area is 109 Å². The molecule has 0 radical (unpaired) electrons. The van der Waals surface area contributed by atoms with Gasteiger partial charge in [0.15, 0.2) is 0 Å². The van der Waals surface area contributed by atoms with Crippen molar-refractivity contribution in [3.8, 4) is 0 Å². The summed E-state index contributed by atoms with van der Waals surface area (Å²) in [5, 5.41) is 12.0. The summed E-state index contributed by atoms with van der Waals surface area (Å²) in [4.78, 5) is 26.5. The van der Waals surface area contributed by atoms with Crippen molar-refractivity contribution in [2.24, 2.45) is 5.92 Å². The molecule has 96 valence electrons. The van der Waals surface area contributed by atoms with Gasteiger partial charge in [0.1, 0.15) is 11.2 Å². The fourth-order valence-electron chi connectivity index (χ4n) is 1.60. The average Bonchev–Trinajstić information content (AvgIpc) is 3.14. The summed E-state index contributed by atoms with van der Waals surface area (Å²) in [5.74, 6) is -1.22. The molecular weight excluding hydrogens is 256 g/mol. The lowest BCUT2D eigenvalue weighted by molar-refractivity contribution is -0.142. The number of nitrogens with one attached hydrogen (secondary N) is 1. The first-order valence-corrected chi connectivity index (χ1v) is 6.07. The quantitative estimate of drug-likeness (QED) is 0.788. The first kappa shape index (κ1) is 12.8. The first-order valence-electron chi connectivity index (χ1n) is 5.70. The van der Waals surface area contributed by atoms with E-state index in [0.29, 0.717) is 5.15 Å². The predicted octanol–water partition coefficient (Wildman–Crippen LogP) is 1.26. The van der Waals surface area contributed by atoms with E-state index in [1.807, 2.05) is 0 Å². The first-order chi connectivity index (χ1) is 8.56. The van der Waals surface area contributed by atoms with Crippen LogP contribution in [0.25, 0.3) is 0 Å². The summed E-state index contributed by atoms with van der Waals surface area (Å²) in [6, 6.07) is 2.38. The number of hydrogen-bond acceptors (Lipinski definition) is 3. The van der Waals surface area contributed by atoms with Crippen molar-refractivity contribution in [2.75, 3.05) is 0 Å². The van der Waals surface area contributed by atoms with Crippen molar-refractivity contribution < 1.29 is 14.7 Å². The van der Waals surface area contributed by atoms with Crippen LogP contribution in [0.2, 0.25) is 5.15 Å². The van der Waals surface area contributed by atoms with E-state index in [1.165, 1.54) is 6.20 Å². The Balaban J connectivity index is 1.99. The number of amides is 1. The maximum atomic E-state index is 11.6. The molecule has 0 aromatic carbocycles. The van der Waals surface area contributed by atoms with E-state index in [1.54, 1.807) is 12.1 Å². The van der Waals surface area contributed by atoms with E-state index in [4.69, 9.17) is 16.7 Å². The largest absolute Gasteiger partial charge is 0.480 e. The third kappa shape index (κ3) is 3.43. The molecule has 0 unspecified atom stereocenters. The molecule has 1 aliphatic carbocycles. The fourth-order valence-corrected chi connectivity index (χ4v) is 1.71. The molecule has 1 fully saturated rings. The SMILES string of the molecule is O=C(N[C@H](Cc1ccc(Cl)nc1)C(=O)O)C1CC1. The molecule has 1 amide bonds. The zero-order valence-electron chi connectivity index (χ0n) is 9.60. The van der Waals surface area contributed by atoms with E-state index in [9.17, 15) is 9.59 Å². The van der Waals surface area contributed by atoms with Crippen LogP contribution in [0.1, 0.15) is 18.4 Å². The summed E-state index contributed by atoms with van der Waals surface area (Å²) in [6.07, 6.45) is 3.42. The number of hydrogen-bond donors (Lipinski definition) is 2. The van der Waals surface area contributed by atoms with Gasteiger partial charge in [0.25, 0.3) is 0 Å². The van der Waals surface area contributed by atoms with Gasteiger partial charge in [0.2, 0.25) is 5.91 Å². The number of carbonyl (C=O) groups is 2. The molecule has 0 aliphatic heterocycles. The van der Waals surface area contributed by atoms with Crippen molar-refractivity contribution in [1.29, 1.82) is 0 Å². The molecule has 1 heterocycles. The Hall–Kier alpha value is -1.62. The molecule has 0 spiro atoms. The van der Waals surface area contributed by atoms with Crippen molar-refractivity contribution in [3.05, 3.63) is 29.0 Å². The number of rotatable bonds is 5. The zero-order valence-corrected chi connectivity index (χ0v) is 10.4. The topological polar surface area (TPSA) is 79.3 Å². The highest BCUT2D eigenvalue weighted by Crippen LogP contribution is 2.29. The number of pyridine rings is 1. The van der Waals surface area contributed by atoms with Crippen LogP contribution in [0.15, 0.2) is 18.3 Å². The van der Waals surface area contributed by atoms with Crippen LogP contribution in [-0.4, -0.2) is 28.0 Å². The van der Waals surface area contributed by atoms with Crippen molar-refractivity contribution in [3.63, 3.8) is 0 Å². The van der Waals surface area contributed by atoms with Crippen LogP contribution in [0.5, 0.6) is 0 Å². The van der Waals surface area contributed by atoms with Gasteiger partial charge >= 0.3 is 5.97 Å². The standard InChI is InChI=1S/C12H13ClN2O3/c13-10-4-1-7(6-14-10)5-9(12(17)18)15-11(16)8-2-3-8/h1,4,6,8-9H,2-3,5H2,(H,15,16)(H,17,18)/t9-/m1/s1. The number of halogens is 1. The molecule has 1 aromatic heterocycles. The highest BCUT2D eigenvalue weighted by atomic mass is 35.5. The molecule has 1 saturated carbocycles. The summed E-state index contributed by atoms with van der Waals surface area (Å²) in [7, 11) is 0. The monoisotopic (exact) mass is 268 g/mol. The maximum absolute atomic E-state index is 11.6. The molecule has 0 saturated heterocycles. The van der Waals surface area contributed by atoms with Gasteiger partial charge in [-0.25, -0.2) is 9.78 Å². The fraction of sp³-hybridized carbons (Fsp3) is 0.417. The maximum Gasteiger partial charge on any atom is 0.326 e. The Kier molecular flexibility index (Phi) is 3.81. The highest BCUT2D eigenvalue weighted by Gasteiger charge is 2.32. The van der Waals surface area contributed by atoms with Crippen molar-refractivity contribution >= 4 is 23.5 Å². The van der Waals surface area contributed by atoms with Crippen LogP contribution in [-0.2, 0) is 16.0 Å². The normalized spacial score (nSPS) is 16.1. The van der Waals surface area contributed by atoms with Gasteiger partial charge < -0.3 is 10.4 Å². The second kappa shape index (κ2) is 5.35. The number of carbonyl (C=O) groups excluding carboxylic acids is 1. The van der Waals surface area contributed by atoms with Gasteiger partial charge in [-0.05, 0) is 24.5 Å². The summed E-state index contributed by atoms with van der Waals surface area (Å²) < 4.78 is 0. The molecule has 1 atom stereocenters. The van der Waals surface area contributed by atoms with Crippen molar-refractivity contribution in [2.45, 2.75) is 25.3 Å². The zero-order chi connectivity index (χ0) is 13.1. The second-order valence-electron chi connectivity index (χ2n) is 4.37. The number of carboxylic acid groups (broad SMARTS) is 1. The molecule has 5 nitrogen and oxygen atoms in total. The number of aliphatic carboxylic acids is 1. The van der Waals surface area contributed by atoms with Gasteiger partial charge in [-0.1, -0.05) is 17.7 Å². The molecular formula is C12H13ClN2O3. The molecule has 18 heavy (non-hydrogen) atoms. The minimum atomic E-state index is -1.04. The van der Waals surface area contributed by atoms with E-state index < -0.39 is 12.0 Å². The van der Waals surface area contributed by atoms with E-state index in [0.717, 1.165) is 18.4 Å². The van der Waals surface area contributed by atoms with Crippen LogP contribution in [0.4, 0.5) is 0 Å². The van der Waals surface area contributed by atoms with Gasteiger partial charge in [-0.3, -0.25) is 4.79 Å². The Morgan fingerprint density at radius 3 is 2.72 bits per heavy atom. The number of carboxylic acids is 1. The third-order valence-corrected chi connectivity index (χ3v) is 3.01. The van der Waals surface area contributed by atoms with Gasteiger partial charge in [0, 0.05) is 18.5 Å². The van der Waals surface area contributed by atoms with Gasteiger partial charge in [-0.2, -0.15) is 0 Å². The summed E-state index contributed by atoms with van der Waals surface area (Å²) >= 11 is 5.65. The molecule has 0 bridgehead atoms. The van der Waals surface area contributed by atoms with E-state index in [-0.39, 0.29) is 18.2 Å². The summed E-state index contributed by atoms with van der Waals surface area (Å²) in [5.41, 5.74) is 0.725. The Morgan fingerprint density at radius 2 is 2.22 bits per heavy atom. The van der Waals surface area contributed by atoms with Crippen LogP contribution >= 0.6 is 11.6 Å². The molecule has 1 aromatic rings. The Morgan fingerprint density at radius 1 is 1.50 bits per heavy atom. The average molecular weight is 269 g/mol. The third-order valence-electron chi connectivity index (χ3n) is 2.79. The predicted molar refractivity (Wildman–Crippen MR) is 65.2 cm³/mol. The van der Waals surface area contributed by atoms with E-state index in [2.05, 4.69) is 10.3 Å². The lowest BCUT2D eigenvalue weighted by atomic mass is 10.1. The van der Waals surface area contributed by atoms with E-state index >= 15 is 0 Å². The lowest BCUT2D eigenvalue weighted by Crippen LogP contribution is -2.43. The second-order valence-corrected chi connectivity index (χ2v) is 4.75. The number of aromatic nitrogens is 1. The minimum Gasteiger partial charge on any atom is -0.480 e. The van der Waals surface area contributed by atoms with Gasteiger partial charge in [0.05, 0.1) is 0 Å². The minimum absolute atomic E-state index is 0.00445. The smallest absolute Gasteiger partial charge is 0.326 e.